The molecule has 0 unspecified atom stereocenters. The molecule has 0 aromatic heterocycles. The summed E-state index contributed by atoms with van der Waals surface area (Å²) in [6, 6.07) is 13.0. The molecule has 2 aliphatic rings. The molecule has 0 spiro atoms. The summed E-state index contributed by atoms with van der Waals surface area (Å²) in [5.74, 6) is 4.04. The van der Waals surface area contributed by atoms with E-state index >= 15 is 0 Å². The average Bonchev–Trinajstić information content (AvgIpc) is 2.84. The quantitative estimate of drug-likeness (QED) is 0.0512. The SMILES string of the molecule is NNC(=O)NCCNC(=S)Nc1ccc(-c2c3ccc(=O)cc-3oc3cc(O)ccc23)c(C(=O)O)c1. The lowest BCUT2D eigenvalue weighted by molar-refractivity contribution is 0.0697. The van der Waals surface area contributed by atoms with Gasteiger partial charge in [-0.15, -0.1) is 0 Å². The second kappa shape index (κ2) is 10.3. The van der Waals surface area contributed by atoms with E-state index in [1.807, 2.05) is 5.43 Å². The van der Waals surface area contributed by atoms with Gasteiger partial charge in [-0.1, -0.05) is 6.07 Å². The van der Waals surface area contributed by atoms with Crippen molar-refractivity contribution in [3.63, 3.8) is 0 Å². The van der Waals surface area contributed by atoms with Crippen molar-refractivity contribution in [2.75, 3.05) is 18.4 Å². The van der Waals surface area contributed by atoms with Crippen LogP contribution < -0.4 is 32.6 Å². The Balaban J connectivity index is 1.71. The van der Waals surface area contributed by atoms with E-state index in [9.17, 15) is 24.6 Å². The summed E-state index contributed by atoms with van der Waals surface area (Å²) in [5, 5.41) is 29.0. The number of aromatic carboxylic acids is 1. The van der Waals surface area contributed by atoms with Crippen LogP contribution in [0.15, 0.2) is 63.8 Å². The largest absolute Gasteiger partial charge is 0.508 e. The van der Waals surface area contributed by atoms with Gasteiger partial charge in [0, 0.05) is 47.4 Å². The molecule has 12 heteroatoms. The monoisotopic (exact) mass is 507 g/mol. The summed E-state index contributed by atoms with van der Waals surface area (Å²) >= 11 is 5.24. The Bertz CT molecular complexity index is 1520. The third kappa shape index (κ3) is 5.19. The molecule has 36 heavy (non-hydrogen) atoms. The highest BCUT2D eigenvalue weighted by atomic mass is 32.1. The number of hydrogen-bond donors (Lipinski definition) is 7. The van der Waals surface area contributed by atoms with Crippen molar-refractivity contribution >= 4 is 46.0 Å². The zero-order valence-corrected chi connectivity index (χ0v) is 19.4. The number of benzene rings is 3. The van der Waals surface area contributed by atoms with Gasteiger partial charge < -0.3 is 30.6 Å². The lowest BCUT2D eigenvalue weighted by Gasteiger charge is -2.18. The number of nitrogens with one attached hydrogen (secondary N) is 4. The minimum atomic E-state index is -1.18. The Labute approximate surface area is 209 Å². The van der Waals surface area contributed by atoms with Gasteiger partial charge in [0.2, 0.25) is 0 Å². The van der Waals surface area contributed by atoms with Gasteiger partial charge in [0.05, 0.1) is 5.56 Å². The number of hydrogen-bond acceptors (Lipinski definition) is 7. The van der Waals surface area contributed by atoms with Crippen molar-refractivity contribution in [1.29, 1.82) is 0 Å². The maximum absolute atomic E-state index is 12.3. The van der Waals surface area contributed by atoms with Crippen molar-refractivity contribution in [3.8, 4) is 28.2 Å². The number of anilines is 1. The van der Waals surface area contributed by atoms with Crippen molar-refractivity contribution in [1.82, 2.24) is 16.1 Å². The molecule has 2 aromatic carbocycles. The second-order valence-electron chi connectivity index (χ2n) is 7.66. The molecule has 11 nitrogen and oxygen atoms in total. The summed E-state index contributed by atoms with van der Waals surface area (Å²) in [7, 11) is 0. The maximum atomic E-state index is 12.3. The minimum Gasteiger partial charge on any atom is -0.508 e. The lowest BCUT2D eigenvalue weighted by atomic mass is 9.90. The van der Waals surface area contributed by atoms with E-state index in [4.69, 9.17) is 22.5 Å². The van der Waals surface area contributed by atoms with Crippen LogP contribution in [0.4, 0.5) is 10.5 Å². The number of urea groups is 1. The molecular formula is C24H21N5O6S. The number of hydrazine groups is 1. The topological polar surface area (TPSA) is 179 Å². The van der Waals surface area contributed by atoms with Crippen molar-refractivity contribution in [2.45, 2.75) is 0 Å². The first kappa shape index (κ1) is 24.4. The van der Waals surface area contributed by atoms with Crippen LogP contribution in [0.3, 0.4) is 0 Å². The van der Waals surface area contributed by atoms with Gasteiger partial charge in [0.25, 0.3) is 0 Å². The highest BCUT2D eigenvalue weighted by Crippen LogP contribution is 2.42. The van der Waals surface area contributed by atoms with Gasteiger partial charge in [-0.2, -0.15) is 0 Å². The molecule has 184 valence electrons. The van der Waals surface area contributed by atoms with Gasteiger partial charge >= 0.3 is 12.0 Å². The van der Waals surface area contributed by atoms with Gasteiger partial charge in [-0.05, 0) is 54.2 Å². The number of carbonyl (C=O) groups excluding carboxylic acids is 1. The van der Waals surface area contributed by atoms with Crippen LogP contribution in [-0.2, 0) is 0 Å². The molecule has 2 amide bonds. The van der Waals surface area contributed by atoms with E-state index in [1.165, 1.54) is 30.3 Å². The number of phenolic OH excluding ortho intramolecular Hbond substituents is 1. The van der Waals surface area contributed by atoms with Crippen molar-refractivity contribution < 1.29 is 24.2 Å². The summed E-state index contributed by atoms with van der Waals surface area (Å²) in [4.78, 5) is 35.3. The van der Waals surface area contributed by atoms with E-state index < -0.39 is 12.0 Å². The van der Waals surface area contributed by atoms with Gasteiger partial charge in [-0.25, -0.2) is 15.4 Å². The number of nitrogens with two attached hydrogens (primary N) is 1. The maximum Gasteiger partial charge on any atom is 0.336 e. The fraction of sp³-hybridized carbons (Fsp3) is 0.0833. The molecular weight excluding hydrogens is 486 g/mol. The van der Waals surface area contributed by atoms with E-state index in [1.54, 1.807) is 24.3 Å². The Kier molecular flexibility index (Phi) is 6.99. The second-order valence-corrected chi connectivity index (χ2v) is 8.07. The molecule has 2 aromatic rings. The number of amides is 2. The fourth-order valence-corrected chi connectivity index (χ4v) is 3.96. The Morgan fingerprint density at radius 2 is 1.72 bits per heavy atom. The van der Waals surface area contributed by atoms with E-state index in [2.05, 4.69) is 16.0 Å². The molecule has 0 bridgehead atoms. The molecule has 0 atom stereocenters. The third-order valence-electron chi connectivity index (χ3n) is 5.28. The van der Waals surface area contributed by atoms with E-state index in [0.717, 1.165) is 0 Å². The molecule has 1 aliphatic carbocycles. The highest BCUT2D eigenvalue weighted by molar-refractivity contribution is 7.80. The first-order valence-corrected chi connectivity index (χ1v) is 11.0. The average molecular weight is 508 g/mol. The Morgan fingerprint density at radius 3 is 2.47 bits per heavy atom. The number of phenols is 1. The predicted molar refractivity (Wildman–Crippen MR) is 138 cm³/mol. The smallest absolute Gasteiger partial charge is 0.336 e. The van der Waals surface area contributed by atoms with Crippen LogP contribution in [-0.4, -0.2) is 40.4 Å². The standard InChI is InChI=1S/C24H21N5O6S/c25-29-23(34)26-7-8-27-24(36)28-12-1-4-15(18(9-12)22(32)33)21-16-5-2-13(30)10-19(16)35-20-11-14(31)3-6-17(20)21/h1-6,9-11,30H,7-8,25H2,(H,32,33)(H2,26,29,34)(H2,27,28,36). The molecule has 0 fully saturated rings. The van der Waals surface area contributed by atoms with Gasteiger partial charge in [0.1, 0.15) is 17.1 Å². The Morgan fingerprint density at radius 1 is 0.972 bits per heavy atom. The van der Waals surface area contributed by atoms with Crippen molar-refractivity contribution in [2.24, 2.45) is 5.84 Å². The number of aromatic hydroxyl groups is 1. The van der Waals surface area contributed by atoms with Crippen molar-refractivity contribution in [3.05, 3.63) is 70.4 Å². The molecule has 0 saturated heterocycles. The van der Waals surface area contributed by atoms with Crippen LogP contribution in [0.1, 0.15) is 10.4 Å². The molecule has 0 radical (unpaired) electrons. The molecule has 8 N–H and O–H groups in total. The number of rotatable bonds is 6. The summed E-state index contributed by atoms with van der Waals surface area (Å²) in [5.41, 5.74) is 3.85. The van der Waals surface area contributed by atoms with Crippen LogP contribution in [0, 0.1) is 0 Å². The molecule has 0 saturated carbocycles. The first-order valence-electron chi connectivity index (χ1n) is 10.6. The van der Waals surface area contributed by atoms with Gasteiger partial charge in [0.15, 0.2) is 10.5 Å². The van der Waals surface area contributed by atoms with Crippen LogP contribution in [0.25, 0.3) is 33.4 Å². The van der Waals surface area contributed by atoms with Crippen LogP contribution >= 0.6 is 12.2 Å². The third-order valence-corrected chi connectivity index (χ3v) is 5.53. The van der Waals surface area contributed by atoms with Crippen LogP contribution in [0.5, 0.6) is 5.75 Å². The molecule has 1 heterocycles. The predicted octanol–water partition coefficient (Wildman–Crippen LogP) is 2.43. The zero-order valence-electron chi connectivity index (χ0n) is 18.6. The number of thiocarbonyl (C=S) groups is 1. The fourth-order valence-electron chi connectivity index (χ4n) is 3.74. The Hall–Kier alpha value is -4.68. The zero-order chi connectivity index (χ0) is 25.8. The summed E-state index contributed by atoms with van der Waals surface area (Å²) in [6.45, 7) is 0.563. The number of carbonyl (C=O) groups is 2. The number of carboxylic acid groups (broad SMARTS) is 1. The van der Waals surface area contributed by atoms with Crippen LogP contribution in [0.2, 0.25) is 0 Å². The van der Waals surface area contributed by atoms with Gasteiger partial charge in [-0.3, -0.25) is 10.2 Å². The minimum absolute atomic E-state index is 0.0165. The molecule has 4 rings (SSSR count). The first-order chi connectivity index (χ1) is 17.3. The normalized spacial score (nSPS) is 10.7. The lowest BCUT2D eigenvalue weighted by Crippen LogP contribution is -2.43. The number of fused-ring (bicyclic) bond motifs is 2. The van der Waals surface area contributed by atoms with E-state index in [0.29, 0.717) is 39.9 Å². The highest BCUT2D eigenvalue weighted by Gasteiger charge is 2.22. The van der Waals surface area contributed by atoms with E-state index in [-0.39, 0.29) is 34.2 Å². The molecule has 1 aliphatic heterocycles. The summed E-state index contributed by atoms with van der Waals surface area (Å²) < 4.78 is 5.83. The summed E-state index contributed by atoms with van der Waals surface area (Å²) in [6.07, 6.45) is 0. The number of carboxylic acids is 1.